The van der Waals surface area contributed by atoms with E-state index in [4.69, 9.17) is 5.73 Å². The fourth-order valence-corrected chi connectivity index (χ4v) is 3.23. The Kier molecular flexibility index (Phi) is 2.17. The van der Waals surface area contributed by atoms with Crippen molar-refractivity contribution in [2.75, 3.05) is 6.54 Å². The Morgan fingerprint density at radius 1 is 1.21 bits per heavy atom. The highest BCUT2D eigenvalue weighted by Crippen LogP contribution is 2.33. The van der Waals surface area contributed by atoms with Crippen LogP contribution in [0.25, 0.3) is 6.08 Å². The molecular weight excluding hydrogens is 198 g/mol. The van der Waals surface area contributed by atoms with E-state index in [9.17, 15) is 8.42 Å². The minimum absolute atomic E-state index is 0.360. The van der Waals surface area contributed by atoms with Gasteiger partial charge in [0.05, 0.1) is 9.80 Å². The van der Waals surface area contributed by atoms with Gasteiger partial charge in [0, 0.05) is 0 Å². The van der Waals surface area contributed by atoms with Crippen LogP contribution in [0.1, 0.15) is 12.0 Å². The van der Waals surface area contributed by atoms with E-state index in [2.05, 4.69) is 0 Å². The molecule has 4 heteroatoms. The number of fused-ring (bicyclic) bond motifs is 1. The predicted octanol–water partition coefficient (Wildman–Crippen LogP) is 1.16. The molecule has 2 rings (SSSR count). The van der Waals surface area contributed by atoms with Gasteiger partial charge in [0.2, 0.25) is 9.84 Å². The van der Waals surface area contributed by atoms with Crippen molar-refractivity contribution in [1.29, 1.82) is 0 Å². The summed E-state index contributed by atoms with van der Waals surface area (Å²) in [5.74, 6) is 0. The van der Waals surface area contributed by atoms with Crippen LogP contribution >= 0.6 is 0 Å². The standard InChI is InChI=1S/C10H11NO2S/c11-6-5-9-7-8-3-1-2-4-10(8)14(9,12)13/h1-4,7H,5-6,11H2. The van der Waals surface area contributed by atoms with Gasteiger partial charge in [-0.1, -0.05) is 18.2 Å². The van der Waals surface area contributed by atoms with Crippen LogP contribution in [-0.4, -0.2) is 15.0 Å². The average molecular weight is 209 g/mol. The summed E-state index contributed by atoms with van der Waals surface area (Å²) in [7, 11) is -3.23. The van der Waals surface area contributed by atoms with E-state index < -0.39 is 9.84 Å². The van der Waals surface area contributed by atoms with Crippen molar-refractivity contribution >= 4 is 15.9 Å². The zero-order valence-electron chi connectivity index (χ0n) is 7.60. The Bertz CT molecular complexity index is 489. The Morgan fingerprint density at radius 2 is 1.93 bits per heavy atom. The van der Waals surface area contributed by atoms with Crippen LogP contribution in [0.2, 0.25) is 0 Å². The molecule has 0 aliphatic carbocycles. The number of sulfone groups is 1. The molecule has 3 nitrogen and oxygen atoms in total. The fraction of sp³-hybridized carbons (Fsp3) is 0.200. The summed E-state index contributed by atoms with van der Waals surface area (Å²) in [6.07, 6.45) is 2.12. The van der Waals surface area contributed by atoms with Crippen LogP contribution in [-0.2, 0) is 9.84 Å². The van der Waals surface area contributed by atoms with Gasteiger partial charge in [-0.15, -0.1) is 0 Å². The number of benzene rings is 1. The van der Waals surface area contributed by atoms with Crippen LogP contribution in [0, 0.1) is 0 Å². The Balaban J connectivity index is 2.57. The molecule has 1 aliphatic heterocycles. The van der Waals surface area contributed by atoms with E-state index in [0.717, 1.165) is 5.56 Å². The van der Waals surface area contributed by atoms with Gasteiger partial charge in [0.25, 0.3) is 0 Å². The van der Waals surface area contributed by atoms with Crippen molar-refractivity contribution in [1.82, 2.24) is 0 Å². The maximum atomic E-state index is 11.9. The molecule has 0 fully saturated rings. The van der Waals surface area contributed by atoms with Gasteiger partial charge >= 0.3 is 0 Å². The molecule has 0 saturated carbocycles. The second-order valence-corrected chi connectivity index (χ2v) is 5.16. The molecule has 0 atom stereocenters. The molecule has 14 heavy (non-hydrogen) atoms. The number of hydrogen-bond acceptors (Lipinski definition) is 3. The monoisotopic (exact) mass is 209 g/mol. The molecule has 0 spiro atoms. The van der Waals surface area contributed by atoms with E-state index >= 15 is 0 Å². The molecule has 1 heterocycles. The summed E-state index contributed by atoms with van der Waals surface area (Å²) in [6.45, 7) is 0.360. The molecule has 1 aromatic rings. The highest BCUT2D eigenvalue weighted by Gasteiger charge is 2.27. The molecule has 2 N–H and O–H groups in total. The third-order valence-corrected chi connectivity index (χ3v) is 4.22. The summed E-state index contributed by atoms with van der Waals surface area (Å²) in [5, 5.41) is 0. The molecule has 0 radical (unpaired) electrons. The van der Waals surface area contributed by atoms with Gasteiger partial charge in [0.15, 0.2) is 0 Å². The molecule has 74 valence electrons. The first-order valence-electron chi connectivity index (χ1n) is 4.41. The van der Waals surface area contributed by atoms with Gasteiger partial charge in [-0.25, -0.2) is 8.42 Å². The maximum absolute atomic E-state index is 11.9. The molecule has 1 aliphatic rings. The van der Waals surface area contributed by atoms with Gasteiger partial charge in [-0.05, 0) is 30.7 Å². The lowest BCUT2D eigenvalue weighted by atomic mass is 10.2. The first-order chi connectivity index (χ1) is 6.66. The molecular formula is C10H11NO2S. The topological polar surface area (TPSA) is 60.2 Å². The summed E-state index contributed by atoms with van der Waals surface area (Å²) >= 11 is 0. The third kappa shape index (κ3) is 1.27. The van der Waals surface area contributed by atoms with Crippen molar-refractivity contribution in [2.45, 2.75) is 11.3 Å². The van der Waals surface area contributed by atoms with Crippen LogP contribution < -0.4 is 5.73 Å². The molecule has 0 aromatic heterocycles. The van der Waals surface area contributed by atoms with E-state index in [-0.39, 0.29) is 0 Å². The summed E-state index contributed by atoms with van der Waals surface area (Å²) < 4.78 is 23.7. The summed E-state index contributed by atoms with van der Waals surface area (Å²) in [4.78, 5) is 0.838. The van der Waals surface area contributed by atoms with Crippen LogP contribution in [0.15, 0.2) is 34.1 Å². The Morgan fingerprint density at radius 3 is 2.57 bits per heavy atom. The first-order valence-corrected chi connectivity index (χ1v) is 5.89. The van der Waals surface area contributed by atoms with Crippen molar-refractivity contribution in [3.05, 3.63) is 34.7 Å². The van der Waals surface area contributed by atoms with Crippen molar-refractivity contribution in [2.24, 2.45) is 5.73 Å². The Hall–Kier alpha value is -1.13. The van der Waals surface area contributed by atoms with Crippen molar-refractivity contribution < 1.29 is 8.42 Å². The number of rotatable bonds is 2. The van der Waals surface area contributed by atoms with Gasteiger partial charge < -0.3 is 5.73 Å². The first kappa shape index (κ1) is 9.43. The van der Waals surface area contributed by atoms with Crippen LogP contribution in [0.3, 0.4) is 0 Å². The second-order valence-electron chi connectivity index (χ2n) is 3.19. The third-order valence-electron chi connectivity index (χ3n) is 2.26. The number of nitrogens with two attached hydrogens (primary N) is 1. The van der Waals surface area contributed by atoms with Gasteiger partial charge in [0.1, 0.15) is 0 Å². The Labute approximate surface area is 83.2 Å². The smallest absolute Gasteiger partial charge is 0.203 e. The quantitative estimate of drug-likeness (QED) is 0.795. The lowest BCUT2D eigenvalue weighted by Gasteiger charge is -2.00. The zero-order valence-corrected chi connectivity index (χ0v) is 8.42. The molecule has 0 amide bonds. The molecule has 0 saturated heterocycles. The minimum Gasteiger partial charge on any atom is -0.330 e. The fourth-order valence-electron chi connectivity index (χ4n) is 1.59. The van der Waals surface area contributed by atoms with Crippen LogP contribution in [0.4, 0.5) is 0 Å². The van der Waals surface area contributed by atoms with E-state index in [1.165, 1.54) is 0 Å². The zero-order chi connectivity index (χ0) is 10.2. The lowest BCUT2D eigenvalue weighted by Crippen LogP contribution is -2.06. The largest absolute Gasteiger partial charge is 0.330 e. The average Bonchev–Trinajstić information content (AvgIpc) is 2.41. The van der Waals surface area contributed by atoms with Gasteiger partial charge in [-0.3, -0.25) is 0 Å². The van der Waals surface area contributed by atoms with Crippen LogP contribution in [0.5, 0.6) is 0 Å². The highest BCUT2D eigenvalue weighted by atomic mass is 32.2. The minimum atomic E-state index is -3.23. The van der Waals surface area contributed by atoms with E-state index in [1.54, 1.807) is 24.3 Å². The summed E-state index contributed by atoms with van der Waals surface area (Å²) in [6, 6.07) is 6.99. The number of hydrogen-bond donors (Lipinski definition) is 1. The molecule has 1 aromatic carbocycles. The lowest BCUT2D eigenvalue weighted by molar-refractivity contribution is 0.601. The van der Waals surface area contributed by atoms with Gasteiger partial charge in [-0.2, -0.15) is 0 Å². The normalized spacial score (nSPS) is 17.6. The second kappa shape index (κ2) is 3.22. The highest BCUT2D eigenvalue weighted by molar-refractivity contribution is 7.95. The van der Waals surface area contributed by atoms with Crippen molar-refractivity contribution in [3.8, 4) is 0 Å². The predicted molar refractivity (Wildman–Crippen MR) is 55.3 cm³/mol. The summed E-state index contributed by atoms with van der Waals surface area (Å²) in [5.41, 5.74) is 6.13. The van der Waals surface area contributed by atoms with Crippen molar-refractivity contribution in [3.63, 3.8) is 0 Å². The van der Waals surface area contributed by atoms with E-state index in [1.807, 2.05) is 6.07 Å². The SMILES string of the molecule is NCCC1=Cc2ccccc2S1(=O)=O. The maximum Gasteiger partial charge on any atom is 0.203 e. The molecule has 0 bridgehead atoms. The van der Waals surface area contributed by atoms with E-state index in [0.29, 0.717) is 22.8 Å². The molecule has 0 unspecified atom stereocenters.